The number of nitrogens with zero attached hydrogens (tertiary/aromatic N) is 4. The van der Waals surface area contributed by atoms with Crippen LogP contribution in [0.4, 0.5) is 5.69 Å². The van der Waals surface area contributed by atoms with Gasteiger partial charge in [0.05, 0.1) is 18.3 Å². The van der Waals surface area contributed by atoms with Crippen molar-refractivity contribution in [2.75, 3.05) is 11.9 Å². The number of hydrogen-bond acceptors (Lipinski definition) is 5. The van der Waals surface area contributed by atoms with E-state index in [0.29, 0.717) is 0 Å². The van der Waals surface area contributed by atoms with Crippen molar-refractivity contribution in [3.63, 3.8) is 0 Å². The molecule has 8 heteroatoms. The van der Waals surface area contributed by atoms with Crippen LogP contribution in [0.25, 0.3) is 5.69 Å². The van der Waals surface area contributed by atoms with Gasteiger partial charge in [-0.15, -0.1) is 5.10 Å². The van der Waals surface area contributed by atoms with Crippen LogP contribution in [0.1, 0.15) is 24.1 Å². The molecular weight excluding hydrogens is 396 g/mol. The molecule has 2 N–H and O–H groups in total. The SMILES string of the molecule is Cc1ccc(-n2cnnn2)cc1NCC(=O)NC(C)c1ccc(Br)cc1. The minimum atomic E-state index is -0.0763. The molecule has 0 fully saturated rings. The normalized spacial score (nSPS) is 11.8. The Balaban J connectivity index is 1.60. The van der Waals surface area contributed by atoms with Crippen molar-refractivity contribution in [1.82, 2.24) is 25.5 Å². The molecule has 2 aromatic carbocycles. The summed E-state index contributed by atoms with van der Waals surface area (Å²) in [4.78, 5) is 12.3. The van der Waals surface area contributed by atoms with Gasteiger partial charge in [-0.2, -0.15) is 0 Å². The number of rotatable bonds is 6. The zero-order valence-corrected chi connectivity index (χ0v) is 16.1. The first-order chi connectivity index (χ1) is 12.5. The minimum Gasteiger partial charge on any atom is -0.376 e. The molecule has 134 valence electrons. The highest BCUT2D eigenvalue weighted by Gasteiger charge is 2.10. The molecule has 0 aliphatic heterocycles. The van der Waals surface area contributed by atoms with Crippen molar-refractivity contribution in [3.05, 3.63) is 64.4 Å². The van der Waals surface area contributed by atoms with E-state index in [4.69, 9.17) is 0 Å². The molecule has 0 bridgehead atoms. The van der Waals surface area contributed by atoms with E-state index in [-0.39, 0.29) is 18.5 Å². The molecule has 1 heterocycles. The number of hydrogen-bond donors (Lipinski definition) is 2. The molecule has 1 unspecified atom stereocenters. The van der Waals surface area contributed by atoms with Crippen molar-refractivity contribution >= 4 is 27.5 Å². The Kier molecular flexibility index (Phi) is 5.62. The lowest BCUT2D eigenvalue weighted by molar-refractivity contribution is -0.120. The summed E-state index contributed by atoms with van der Waals surface area (Å²) in [6, 6.07) is 13.6. The summed E-state index contributed by atoms with van der Waals surface area (Å²) in [5.74, 6) is -0.0763. The molecule has 3 aromatic rings. The Morgan fingerprint density at radius 1 is 1.23 bits per heavy atom. The Bertz CT molecular complexity index is 879. The van der Waals surface area contributed by atoms with Crippen LogP contribution in [0.5, 0.6) is 0 Å². The highest BCUT2D eigenvalue weighted by Crippen LogP contribution is 2.19. The monoisotopic (exact) mass is 414 g/mol. The summed E-state index contributed by atoms with van der Waals surface area (Å²) in [7, 11) is 0. The molecule has 26 heavy (non-hydrogen) atoms. The lowest BCUT2D eigenvalue weighted by Crippen LogP contribution is -2.32. The van der Waals surface area contributed by atoms with E-state index in [1.165, 1.54) is 6.33 Å². The standard InChI is InChI=1S/C18H19BrN6O/c1-12-3-8-16(25-11-21-23-24-25)9-17(12)20-10-18(26)22-13(2)14-4-6-15(19)7-5-14/h3-9,11,13,20H,10H2,1-2H3,(H,22,26). The maximum atomic E-state index is 12.3. The van der Waals surface area contributed by atoms with E-state index in [1.54, 1.807) is 4.68 Å². The van der Waals surface area contributed by atoms with Gasteiger partial charge in [-0.1, -0.05) is 34.1 Å². The third-order valence-electron chi connectivity index (χ3n) is 4.02. The molecule has 3 rings (SSSR count). The van der Waals surface area contributed by atoms with Gasteiger partial charge in [0.1, 0.15) is 6.33 Å². The zero-order valence-electron chi connectivity index (χ0n) is 14.5. The fourth-order valence-electron chi connectivity index (χ4n) is 2.53. The number of benzene rings is 2. The molecule has 0 saturated heterocycles. The lowest BCUT2D eigenvalue weighted by atomic mass is 10.1. The summed E-state index contributed by atoms with van der Waals surface area (Å²) >= 11 is 3.41. The summed E-state index contributed by atoms with van der Waals surface area (Å²) in [5.41, 5.74) is 3.78. The number of aryl methyl sites for hydroxylation is 1. The molecule has 7 nitrogen and oxygen atoms in total. The maximum absolute atomic E-state index is 12.3. The highest BCUT2D eigenvalue weighted by molar-refractivity contribution is 9.10. The van der Waals surface area contributed by atoms with Crippen molar-refractivity contribution in [2.24, 2.45) is 0 Å². The van der Waals surface area contributed by atoms with E-state index >= 15 is 0 Å². The van der Waals surface area contributed by atoms with Crippen LogP contribution in [0.3, 0.4) is 0 Å². The number of carbonyl (C=O) groups is 1. The molecule has 0 aliphatic rings. The second kappa shape index (κ2) is 8.09. The molecule has 0 saturated carbocycles. The number of halogens is 1. The van der Waals surface area contributed by atoms with Gasteiger partial charge in [0.25, 0.3) is 0 Å². The van der Waals surface area contributed by atoms with Crippen LogP contribution >= 0.6 is 15.9 Å². The van der Waals surface area contributed by atoms with E-state index in [1.807, 2.05) is 56.3 Å². The lowest BCUT2D eigenvalue weighted by Gasteiger charge is -2.16. The Morgan fingerprint density at radius 3 is 2.69 bits per heavy atom. The summed E-state index contributed by atoms with van der Waals surface area (Å²) in [5, 5.41) is 17.3. The Morgan fingerprint density at radius 2 is 2.00 bits per heavy atom. The number of nitrogens with one attached hydrogen (secondary N) is 2. The molecule has 0 aliphatic carbocycles. The Labute approximate surface area is 159 Å². The van der Waals surface area contributed by atoms with Crippen molar-refractivity contribution in [1.29, 1.82) is 0 Å². The number of tetrazole rings is 1. The average Bonchev–Trinajstić information content (AvgIpc) is 3.16. The van der Waals surface area contributed by atoms with Gasteiger partial charge in [0.15, 0.2) is 0 Å². The Hall–Kier alpha value is -2.74. The summed E-state index contributed by atoms with van der Waals surface area (Å²) in [6.45, 7) is 4.12. The fourth-order valence-corrected chi connectivity index (χ4v) is 2.79. The molecule has 1 aromatic heterocycles. The first kappa shape index (κ1) is 18.1. The van der Waals surface area contributed by atoms with E-state index in [9.17, 15) is 4.79 Å². The third kappa shape index (κ3) is 4.45. The van der Waals surface area contributed by atoms with E-state index < -0.39 is 0 Å². The number of aromatic nitrogens is 4. The topological polar surface area (TPSA) is 84.7 Å². The molecular formula is C18H19BrN6O. The molecule has 0 radical (unpaired) electrons. The second-order valence-corrected chi connectivity index (χ2v) is 6.86. The highest BCUT2D eigenvalue weighted by atomic mass is 79.9. The second-order valence-electron chi connectivity index (χ2n) is 5.95. The molecule has 1 atom stereocenters. The first-order valence-electron chi connectivity index (χ1n) is 8.15. The van der Waals surface area contributed by atoms with Crippen LogP contribution in [0, 0.1) is 6.92 Å². The van der Waals surface area contributed by atoms with Crippen LogP contribution in [0.2, 0.25) is 0 Å². The van der Waals surface area contributed by atoms with Gasteiger partial charge in [0.2, 0.25) is 5.91 Å². The summed E-state index contributed by atoms with van der Waals surface area (Å²) in [6.07, 6.45) is 1.53. The maximum Gasteiger partial charge on any atom is 0.239 e. The molecule has 1 amide bonds. The van der Waals surface area contributed by atoms with Gasteiger partial charge in [0, 0.05) is 10.2 Å². The van der Waals surface area contributed by atoms with Crippen molar-refractivity contribution in [3.8, 4) is 5.69 Å². The van der Waals surface area contributed by atoms with E-state index in [0.717, 1.165) is 27.0 Å². The van der Waals surface area contributed by atoms with Gasteiger partial charge in [-0.3, -0.25) is 4.79 Å². The minimum absolute atomic E-state index is 0.0638. The van der Waals surface area contributed by atoms with Gasteiger partial charge in [-0.05, 0) is 59.7 Å². The molecule has 0 spiro atoms. The van der Waals surface area contributed by atoms with Crippen LogP contribution in [0.15, 0.2) is 53.3 Å². The van der Waals surface area contributed by atoms with Crippen molar-refractivity contribution < 1.29 is 4.79 Å². The average molecular weight is 415 g/mol. The summed E-state index contributed by atoms with van der Waals surface area (Å²) < 4.78 is 2.58. The van der Waals surface area contributed by atoms with Crippen LogP contribution in [-0.2, 0) is 4.79 Å². The first-order valence-corrected chi connectivity index (χ1v) is 8.95. The van der Waals surface area contributed by atoms with Gasteiger partial charge >= 0.3 is 0 Å². The fraction of sp³-hybridized carbons (Fsp3) is 0.222. The zero-order chi connectivity index (χ0) is 18.5. The number of anilines is 1. The van der Waals surface area contributed by atoms with Crippen molar-refractivity contribution in [2.45, 2.75) is 19.9 Å². The van der Waals surface area contributed by atoms with Gasteiger partial charge < -0.3 is 10.6 Å². The quantitative estimate of drug-likeness (QED) is 0.647. The smallest absolute Gasteiger partial charge is 0.239 e. The predicted molar refractivity (Wildman–Crippen MR) is 103 cm³/mol. The third-order valence-corrected chi connectivity index (χ3v) is 4.55. The van der Waals surface area contributed by atoms with Crippen LogP contribution < -0.4 is 10.6 Å². The van der Waals surface area contributed by atoms with E-state index in [2.05, 4.69) is 42.1 Å². The number of carbonyl (C=O) groups excluding carboxylic acids is 1. The largest absolute Gasteiger partial charge is 0.376 e. The van der Waals surface area contributed by atoms with Gasteiger partial charge in [-0.25, -0.2) is 4.68 Å². The predicted octanol–water partition coefficient (Wildman–Crippen LogP) is 3.02. The van der Waals surface area contributed by atoms with Crippen LogP contribution in [-0.4, -0.2) is 32.7 Å². The number of amides is 1.